The molecule has 1 aromatic rings. The molecule has 0 saturated carbocycles. The summed E-state index contributed by atoms with van der Waals surface area (Å²) < 4.78 is 5.51. The van der Waals surface area contributed by atoms with Gasteiger partial charge in [-0.25, -0.2) is 0 Å². The maximum absolute atomic E-state index is 5.74. The lowest BCUT2D eigenvalue weighted by Gasteiger charge is -2.20. The molecule has 5 heteroatoms. The van der Waals surface area contributed by atoms with Crippen molar-refractivity contribution in [2.75, 3.05) is 13.2 Å². The molecule has 4 nitrogen and oxygen atoms in total. The number of hydrogen-bond acceptors (Lipinski definition) is 2. The molecule has 0 aromatic heterocycles. The first-order valence-electron chi connectivity index (χ1n) is 6.17. The van der Waals surface area contributed by atoms with Crippen LogP contribution in [-0.4, -0.2) is 24.7 Å². The van der Waals surface area contributed by atoms with Crippen LogP contribution in [0.1, 0.15) is 26.3 Å². The standard InChI is InChI=1S/C14H23N3O.HI/c1-14(2,3)17-13(15)16-9-10-18-11-12-7-5-4-6-8-12;/h4-8H,9-11H2,1-3H3,(H3,15,16,17);1H. The topological polar surface area (TPSA) is 59.6 Å². The Morgan fingerprint density at radius 3 is 2.47 bits per heavy atom. The Bertz CT molecular complexity index is 374. The minimum absolute atomic E-state index is 0. The molecule has 0 heterocycles. The maximum Gasteiger partial charge on any atom is 0.189 e. The van der Waals surface area contributed by atoms with E-state index >= 15 is 0 Å². The third-order valence-corrected chi connectivity index (χ3v) is 2.13. The molecule has 0 amide bonds. The van der Waals surface area contributed by atoms with Crippen LogP contribution in [0.2, 0.25) is 0 Å². The van der Waals surface area contributed by atoms with Crippen molar-refractivity contribution in [1.82, 2.24) is 5.32 Å². The Kier molecular flexibility index (Phi) is 8.75. The largest absolute Gasteiger partial charge is 0.375 e. The zero-order valence-corrected chi connectivity index (χ0v) is 14.2. The summed E-state index contributed by atoms with van der Waals surface area (Å²) in [6, 6.07) is 10.1. The number of nitrogens with one attached hydrogen (secondary N) is 1. The molecular weight excluding hydrogens is 353 g/mol. The summed E-state index contributed by atoms with van der Waals surface area (Å²) in [5, 5.41) is 3.10. The average Bonchev–Trinajstić information content (AvgIpc) is 2.27. The lowest BCUT2D eigenvalue weighted by Crippen LogP contribution is -2.45. The highest BCUT2D eigenvalue weighted by Gasteiger charge is 2.09. The number of rotatable bonds is 5. The quantitative estimate of drug-likeness (QED) is 0.359. The number of halogens is 1. The number of nitrogens with two attached hydrogens (primary N) is 1. The van der Waals surface area contributed by atoms with Crippen LogP contribution >= 0.6 is 24.0 Å². The van der Waals surface area contributed by atoms with Gasteiger partial charge in [0.25, 0.3) is 0 Å². The van der Waals surface area contributed by atoms with E-state index < -0.39 is 0 Å². The lowest BCUT2D eigenvalue weighted by atomic mass is 10.1. The van der Waals surface area contributed by atoms with Crippen LogP contribution in [0, 0.1) is 0 Å². The van der Waals surface area contributed by atoms with E-state index in [0.717, 1.165) is 0 Å². The molecule has 1 aromatic carbocycles. The van der Waals surface area contributed by atoms with Gasteiger partial charge in [0.1, 0.15) is 0 Å². The molecule has 0 unspecified atom stereocenters. The first-order valence-corrected chi connectivity index (χ1v) is 6.17. The SMILES string of the molecule is CC(C)(C)NC(N)=NCCOCc1ccccc1.I. The summed E-state index contributed by atoms with van der Waals surface area (Å²) in [5.74, 6) is 0.464. The third-order valence-electron chi connectivity index (χ3n) is 2.13. The summed E-state index contributed by atoms with van der Waals surface area (Å²) in [4.78, 5) is 4.20. The lowest BCUT2D eigenvalue weighted by molar-refractivity contribution is 0.128. The van der Waals surface area contributed by atoms with Crippen LogP contribution in [0.4, 0.5) is 0 Å². The van der Waals surface area contributed by atoms with Crippen LogP contribution in [0.25, 0.3) is 0 Å². The first-order chi connectivity index (χ1) is 8.47. The maximum atomic E-state index is 5.74. The first kappa shape index (κ1) is 18.2. The van der Waals surface area contributed by atoms with E-state index in [-0.39, 0.29) is 29.5 Å². The van der Waals surface area contributed by atoms with E-state index in [0.29, 0.717) is 25.7 Å². The number of benzene rings is 1. The van der Waals surface area contributed by atoms with E-state index in [1.807, 2.05) is 51.1 Å². The van der Waals surface area contributed by atoms with Crippen molar-refractivity contribution in [3.8, 4) is 0 Å². The van der Waals surface area contributed by atoms with Crippen LogP contribution in [0.15, 0.2) is 35.3 Å². The van der Waals surface area contributed by atoms with Crippen molar-refractivity contribution < 1.29 is 4.74 Å². The molecule has 0 radical (unpaired) electrons. The Morgan fingerprint density at radius 1 is 1.26 bits per heavy atom. The number of aliphatic imine (C=N–C) groups is 1. The predicted octanol–water partition coefficient (Wildman–Crippen LogP) is 2.52. The van der Waals surface area contributed by atoms with Gasteiger partial charge in [0.2, 0.25) is 0 Å². The second-order valence-corrected chi connectivity index (χ2v) is 5.18. The molecule has 0 spiro atoms. The van der Waals surface area contributed by atoms with Gasteiger partial charge in [-0.3, -0.25) is 4.99 Å². The molecular formula is C14H24IN3O. The zero-order chi connectivity index (χ0) is 13.4. The van der Waals surface area contributed by atoms with E-state index in [9.17, 15) is 0 Å². The number of nitrogens with zero attached hydrogens (tertiary/aromatic N) is 1. The Labute approximate surface area is 132 Å². The summed E-state index contributed by atoms with van der Waals surface area (Å²) in [5.41, 5.74) is 6.85. The smallest absolute Gasteiger partial charge is 0.189 e. The van der Waals surface area contributed by atoms with Gasteiger partial charge in [0, 0.05) is 5.54 Å². The van der Waals surface area contributed by atoms with Gasteiger partial charge in [-0.1, -0.05) is 30.3 Å². The minimum Gasteiger partial charge on any atom is -0.375 e. The molecule has 0 atom stereocenters. The fourth-order valence-electron chi connectivity index (χ4n) is 1.42. The van der Waals surface area contributed by atoms with Gasteiger partial charge in [-0.15, -0.1) is 24.0 Å². The molecule has 1 rings (SSSR count). The monoisotopic (exact) mass is 377 g/mol. The van der Waals surface area contributed by atoms with E-state index in [1.165, 1.54) is 5.56 Å². The summed E-state index contributed by atoms with van der Waals surface area (Å²) >= 11 is 0. The zero-order valence-electron chi connectivity index (χ0n) is 11.8. The minimum atomic E-state index is -0.0571. The van der Waals surface area contributed by atoms with Crippen LogP contribution in [0.5, 0.6) is 0 Å². The highest BCUT2D eigenvalue weighted by atomic mass is 127. The number of hydrogen-bond donors (Lipinski definition) is 2. The third kappa shape index (κ3) is 9.72. The Hall–Kier alpha value is -0.820. The normalized spacial score (nSPS) is 11.8. The van der Waals surface area contributed by atoms with Gasteiger partial charge in [-0.2, -0.15) is 0 Å². The highest BCUT2D eigenvalue weighted by molar-refractivity contribution is 14.0. The van der Waals surface area contributed by atoms with Crippen molar-refractivity contribution in [2.24, 2.45) is 10.7 Å². The fraction of sp³-hybridized carbons (Fsp3) is 0.500. The predicted molar refractivity (Wildman–Crippen MR) is 90.9 cm³/mol. The van der Waals surface area contributed by atoms with Gasteiger partial charge < -0.3 is 15.8 Å². The second-order valence-electron chi connectivity index (χ2n) is 5.18. The molecule has 3 N–H and O–H groups in total. The van der Waals surface area contributed by atoms with Crippen LogP contribution in [-0.2, 0) is 11.3 Å². The number of ether oxygens (including phenoxy) is 1. The van der Waals surface area contributed by atoms with Crippen molar-refractivity contribution in [2.45, 2.75) is 32.9 Å². The molecule has 0 bridgehead atoms. The van der Waals surface area contributed by atoms with Gasteiger partial charge in [0.05, 0.1) is 19.8 Å². The molecule has 0 aliphatic heterocycles. The fourth-order valence-corrected chi connectivity index (χ4v) is 1.42. The van der Waals surface area contributed by atoms with Gasteiger partial charge in [0.15, 0.2) is 5.96 Å². The molecule has 108 valence electrons. The van der Waals surface area contributed by atoms with Crippen molar-refractivity contribution in [1.29, 1.82) is 0 Å². The van der Waals surface area contributed by atoms with Crippen LogP contribution in [0.3, 0.4) is 0 Å². The van der Waals surface area contributed by atoms with Crippen LogP contribution < -0.4 is 11.1 Å². The Morgan fingerprint density at radius 2 is 1.89 bits per heavy atom. The Balaban J connectivity index is 0.00000324. The highest BCUT2D eigenvalue weighted by Crippen LogP contribution is 2.00. The molecule has 19 heavy (non-hydrogen) atoms. The van der Waals surface area contributed by atoms with Gasteiger partial charge in [-0.05, 0) is 26.3 Å². The van der Waals surface area contributed by atoms with Gasteiger partial charge >= 0.3 is 0 Å². The summed E-state index contributed by atoms with van der Waals surface area (Å²) in [6.45, 7) is 7.88. The van der Waals surface area contributed by atoms with E-state index in [4.69, 9.17) is 10.5 Å². The van der Waals surface area contributed by atoms with Crippen molar-refractivity contribution in [3.05, 3.63) is 35.9 Å². The van der Waals surface area contributed by atoms with Crippen molar-refractivity contribution >= 4 is 29.9 Å². The molecule has 0 aliphatic carbocycles. The number of guanidine groups is 1. The van der Waals surface area contributed by atoms with Crippen molar-refractivity contribution in [3.63, 3.8) is 0 Å². The summed E-state index contributed by atoms with van der Waals surface area (Å²) in [7, 11) is 0. The molecule has 0 saturated heterocycles. The average molecular weight is 377 g/mol. The second kappa shape index (κ2) is 9.14. The molecule has 0 fully saturated rings. The van der Waals surface area contributed by atoms with E-state index in [1.54, 1.807) is 0 Å². The molecule has 0 aliphatic rings. The van der Waals surface area contributed by atoms with E-state index in [2.05, 4.69) is 10.3 Å². The summed E-state index contributed by atoms with van der Waals surface area (Å²) in [6.07, 6.45) is 0.